The van der Waals surface area contributed by atoms with Gasteiger partial charge in [0.05, 0.1) is 18.2 Å². The summed E-state index contributed by atoms with van der Waals surface area (Å²) in [5, 5.41) is 1.02. The highest BCUT2D eigenvalue weighted by Gasteiger charge is 2.34. The molecule has 0 atom stereocenters. The van der Waals surface area contributed by atoms with Crippen LogP contribution in [0.15, 0.2) is 24.4 Å². The number of ether oxygens (including phenoxy) is 1. The van der Waals surface area contributed by atoms with E-state index in [1.807, 2.05) is 17.0 Å². The van der Waals surface area contributed by atoms with Gasteiger partial charge in [-0.15, -0.1) is 12.4 Å². The molecule has 0 N–H and O–H groups in total. The van der Waals surface area contributed by atoms with Crippen LogP contribution in [-0.2, 0) is 6.54 Å². The number of hydrogen-bond donors (Lipinski definition) is 0. The first-order chi connectivity index (χ1) is 13.9. The monoisotopic (exact) mass is 433 g/mol. The zero-order valence-electron chi connectivity index (χ0n) is 18.8. The van der Waals surface area contributed by atoms with Crippen molar-refractivity contribution in [3.05, 3.63) is 30.0 Å². The first-order valence-corrected chi connectivity index (χ1v) is 11.1. The highest BCUT2D eigenvalue weighted by Crippen LogP contribution is 2.34. The molecule has 0 unspecified atom stereocenters. The Morgan fingerprint density at radius 1 is 1.17 bits per heavy atom. The predicted molar refractivity (Wildman–Crippen MR) is 125 cm³/mol. The molecule has 1 aromatic heterocycles. The van der Waals surface area contributed by atoms with E-state index in [1.165, 1.54) is 32.1 Å². The lowest BCUT2D eigenvalue weighted by Gasteiger charge is -2.45. The number of carbonyl (C=O) groups excluding carboxylic acids is 1. The maximum Gasteiger partial charge on any atom is 0.256 e. The molecule has 2 aromatic rings. The molecule has 1 saturated carbocycles. The summed E-state index contributed by atoms with van der Waals surface area (Å²) in [6.45, 7) is 7.82. The number of piperazine rings is 1. The first-order valence-electron chi connectivity index (χ1n) is 11.1. The number of fused-ring (bicyclic) bond motifs is 1. The smallest absolute Gasteiger partial charge is 0.256 e. The molecule has 2 fully saturated rings. The highest BCUT2D eigenvalue weighted by atomic mass is 35.5. The van der Waals surface area contributed by atoms with Gasteiger partial charge in [0.1, 0.15) is 5.75 Å². The summed E-state index contributed by atoms with van der Waals surface area (Å²) in [6.07, 6.45) is 8.66. The van der Waals surface area contributed by atoms with Crippen molar-refractivity contribution >= 4 is 29.2 Å². The van der Waals surface area contributed by atoms with Crippen LogP contribution in [0.5, 0.6) is 5.75 Å². The number of para-hydroxylation sites is 1. The third-order valence-corrected chi connectivity index (χ3v) is 7.09. The number of amides is 1. The molecule has 1 aliphatic heterocycles. The molecule has 0 bridgehead atoms. The van der Waals surface area contributed by atoms with Crippen molar-refractivity contribution in [2.75, 3.05) is 33.8 Å². The quantitative estimate of drug-likeness (QED) is 0.693. The lowest BCUT2D eigenvalue weighted by molar-refractivity contribution is 0.0312. The van der Waals surface area contributed by atoms with Gasteiger partial charge < -0.3 is 14.2 Å². The van der Waals surface area contributed by atoms with Gasteiger partial charge in [-0.3, -0.25) is 9.69 Å². The second-order valence-corrected chi connectivity index (χ2v) is 9.52. The van der Waals surface area contributed by atoms with Crippen LogP contribution in [0.1, 0.15) is 56.3 Å². The molecule has 1 aliphatic carbocycles. The molecule has 2 aliphatic rings. The van der Waals surface area contributed by atoms with E-state index in [9.17, 15) is 4.79 Å². The van der Waals surface area contributed by atoms with E-state index >= 15 is 0 Å². The molecule has 0 radical (unpaired) electrons. The lowest BCUT2D eigenvalue weighted by Crippen LogP contribution is -2.58. The molecule has 4 rings (SSSR count). The molecule has 2 heterocycles. The van der Waals surface area contributed by atoms with Crippen LogP contribution in [0.3, 0.4) is 0 Å². The molecule has 5 nitrogen and oxygen atoms in total. The Labute approximate surface area is 186 Å². The maximum absolute atomic E-state index is 13.6. The van der Waals surface area contributed by atoms with Gasteiger partial charge >= 0.3 is 0 Å². The summed E-state index contributed by atoms with van der Waals surface area (Å²) in [7, 11) is 3.86. The Balaban J connectivity index is 0.00000256. The number of carbonyl (C=O) groups is 1. The lowest BCUT2D eigenvalue weighted by atomic mass is 9.89. The molecule has 6 heteroatoms. The number of halogens is 1. The van der Waals surface area contributed by atoms with Gasteiger partial charge in [-0.1, -0.05) is 31.4 Å². The molecular formula is C24H36ClN3O2. The van der Waals surface area contributed by atoms with Gasteiger partial charge in [0.15, 0.2) is 0 Å². The average molecular weight is 434 g/mol. The van der Waals surface area contributed by atoms with Crippen LogP contribution >= 0.6 is 12.4 Å². The van der Waals surface area contributed by atoms with E-state index in [4.69, 9.17) is 4.74 Å². The van der Waals surface area contributed by atoms with E-state index in [0.717, 1.165) is 48.4 Å². The molecule has 30 heavy (non-hydrogen) atoms. The van der Waals surface area contributed by atoms with Crippen molar-refractivity contribution in [3.63, 3.8) is 0 Å². The molecule has 1 amide bonds. The third kappa shape index (κ3) is 4.33. The number of likely N-dealkylation sites (N-methyl/N-ethyl adjacent to an activating group) is 1. The van der Waals surface area contributed by atoms with Gasteiger partial charge in [-0.2, -0.15) is 0 Å². The summed E-state index contributed by atoms with van der Waals surface area (Å²) in [5.41, 5.74) is 1.87. The summed E-state index contributed by atoms with van der Waals surface area (Å²) in [6, 6.07) is 6.08. The van der Waals surface area contributed by atoms with Gasteiger partial charge in [0, 0.05) is 43.3 Å². The van der Waals surface area contributed by atoms with E-state index in [2.05, 4.69) is 42.6 Å². The molecule has 0 spiro atoms. The van der Waals surface area contributed by atoms with Gasteiger partial charge in [-0.05, 0) is 45.7 Å². The van der Waals surface area contributed by atoms with Crippen molar-refractivity contribution in [1.29, 1.82) is 0 Å². The number of nitrogens with zero attached hydrogens (tertiary/aromatic N) is 3. The number of methoxy groups -OCH3 is 1. The predicted octanol–water partition coefficient (Wildman–Crippen LogP) is 4.82. The Morgan fingerprint density at radius 3 is 2.57 bits per heavy atom. The minimum absolute atomic E-state index is 0. The Kier molecular flexibility index (Phi) is 7.03. The Hall–Kier alpha value is -1.72. The van der Waals surface area contributed by atoms with Crippen LogP contribution < -0.4 is 4.74 Å². The van der Waals surface area contributed by atoms with Gasteiger partial charge in [-0.25, -0.2) is 0 Å². The molecule has 166 valence electrons. The van der Waals surface area contributed by atoms with Crippen molar-refractivity contribution in [1.82, 2.24) is 14.4 Å². The molecule has 1 saturated heterocycles. The summed E-state index contributed by atoms with van der Waals surface area (Å²) in [5.74, 6) is 1.69. The number of aromatic nitrogens is 1. The summed E-state index contributed by atoms with van der Waals surface area (Å²) >= 11 is 0. The Bertz CT molecular complexity index is 886. The fourth-order valence-electron chi connectivity index (χ4n) is 5.04. The van der Waals surface area contributed by atoms with Crippen molar-refractivity contribution < 1.29 is 9.53 Å². The van der Waals surface area contributed by atoms with Crippen LogP contribution in [-0.4, -0.2) is 59.6 Å². The van der Waals surface area contributed by atoms with Gasteiger partial charge in [0.2, 0.25) is 0 Å². The van der Waals surface area contributed by atoms with Crippen molar-refractivity contribution in [3.8, 4) is 5.75 Å². The molecular weight excluding hydrogens is 398 g/mol. The van der Waals surface area contributed by atoms with E-state index < -0.39 is 0 Å². The second kappa shape index (κ2) is 9.19. The maximum atomic E-state index is 13.6. The van der Waals surface area contributed by atoms with Crippen molar-refractivity contribution in [2.24, 2.45) is 5.92 Å². The zero-order valence-corrected chi connectivity index (χ0v) is 19.6. The summed E-state index contributed by atoms with van der Waals surface area (Å²) < 4.78 is 7.98. The second-order valence-electron chi connectivity index (χ2n) is 9.52. The minimum atomic E-state index is -0.00787. The normalized spacial score (nSPS) is 20.2. The fraction of sp³-hybridized carbons (Fsp3) is 0.625. The van der Waals surface area contributed by atoms with Crippen molar-refractivity contribution in [2.45, 2.75) is 58.0 Å². The number of benzene rings is 1. The van der Waals surface area contributed by atoms with Crippen LogP contribution in [0.4, 0.5) is 0 Å². The van der Waals surface area contributed by atoms with Crippen LogP contribution in [0, 0.1) is 5.92 Å². The topological polar surface area (TPSA) is 37.7 Å². The Morgan fingerprint density at radius 2 is 1.90 bits per heavy atom. The largest absolute Gasteiger partial charge is 0.495 e. The third-order valence-electron chi connectivity index (χ3n) is 7.09. The summed E-state index contributed by atoms with van der Waals surface area (Å²) in [4.78, 5) is 17.9. The number of rotatable bonds is 4. The van der Waals surface area contributed by atoms with E-state index in [-0.39, 0.29) is 23.9 Å². The average Bonchev–Trinajstić information content (AvgIpc) is 3.09. The zero-order chi connectivity index (χ0) is 20.6. The first kappa shape index (κ1) is 23.0. The van der Waals surface area contributed by atoms with Crippen LogP contribution in [0.25, 0.3) is 10.9 Å². The van der Waals surface area contributed by atoms with Gasteiger partial charge in [0.25, 0.3) is 5.91 Å². The standard InChI is InChI=1S/C24H35N3O2.ClH/c1-24(2)17-26(14-13-25(24)3)23(28)20-16-27(15-18-9-6-5-7-10-18)22-19(20)11-8-12-21(22)29-4;/h8,11-12,16,18H,5-7,9-10,13-15,17H2,1-4H3;1H. The van der Waals surface area contributed by atoms with E-state index in [0.29, 0.717) is 5.92 Å². The molecule has 1 aromatic carbocycles. The van der Waals surface area contributed by atoms with E-state index in [1.54, 1.807) is 7.11 Å². The minimum Gasteiger partial charge on any atom is -0.495 e. The fourth-order valence-corrected chi connectivity index (χ4v) is 5.04. The van der Waals surface area contributed by atoms with Crippen LogP contribution in [0.2, 0.25) is 0 Å². The SMILES string of the molecule is COc1cccc2c(C(=O)N3CCN(C)C(C)(C)C3)cn(CC3CCCCC3)c12.Cl. The highest BCUT2D eigenvalue weighted by molar-refractivity contribution is 6.08. The number of hydrogen-bond acceptors (Lipinski definition) is 3.